The van der Waals surface area contributed by atoms with Gasteiger partial charge in [-0.3, -0.25) is 14.5 Å². The number of carbonyl (C=O) groups excluding carboxylic acids is 2. The van der Waals surface area contributed by atoms with E-state index >= 15 is 0 Å². The fourth-order valence-electron chi connectivity index (χ4n) is 5.86. The number of anilines is 1. The summed E-state index contributed by atoms with van der Waals surface area (Å²) >= 11 is 0. The second-order valence-corrected chi connectivity index (χ2v) is 10.5. The molecule has 0 bridgehead atoms. The minimum Gasteiger partial charge on any atom is -0.497 e. The van der Waals surface area contributed by atoms with Gasteiger partial charge in [-0.15, -0.1) is 0 Å². The van der Waals surface area contributed by atoms with E-state index in [1.807, 2.05) is 54.0 Å². The van der Waals surface area contributed by atoms with E-state index in [1.165, 1.54) is 19.3 Å². The fraction of sp³-hybridized carbons (Fsp3) is 0.467. The van der Waals surface area contributed by atoms with E-state index < -0.39 is 5.54 Å². The van der Waals surface area contributed by atoms with Crippen molar-refractivity contribution < 1.29 is 14.3 Å². The highest BCUT2D eigenvalue weighted by Gasteiger charge is 2.49. The molecule has 1 aliphatic carbocycles. The molecule has 1 fully saturated rings. The topological polar surface area (TPSA) is 63.6 Å². The van der Waals surface area contributed by atoms with Crippen LogP contribution in [0, 0.1) is 0 Å². The van der Waals surface area contributed by atoms with Crippen molar-refractivity contribution in [2.45, 2.75) is 83.3 Å². The average Bonchev–Trinajstić information content (AvgIpc) is 3.23. The highest BCUT2D eigenvalue weighted by Crippen LogP contribution is 2.37. The van der Waals surface area contributed by atoms with Crippen LogP contribution in [0.5, 0.6) is 5.75 Å². The smallest absolute Gasteiger partial charge is 0.275 e. The first-order valence-electron chi connectivity index (χ1n) is 13.4. The van der Waals surface area contributed by atoms with Gasteiger partial charge in [0.2, 0.25) is 5.91 Å². The van der Waals surface area contributed by atoms with Gasteiger partial charge in [-0.25, -0.2) is 0 Å². The number of rotatable bonds is 5. The molecule has 5 rings (SSSR count). The Hall–Kier alpha value is -3.28. The van der Waals surface area contributed by atoms with Gasteiger partial charge >= 0.3 is 0 Å². The lowest BCUT2D eigenvalue weighted by molar-refractivity contribution is -0.127. The van der Waals surface area contributed by atoms with Gasteiger partial charge in [0, 0.05) is 23.2 Å². The molecule has 190 valence electrons. The molecule has 2 aromatic carbocycles. The molecule has 0 spiro atoms. The second-order valence-electron chi connectivity index (χ2n) is 10.5. The average molecular weight is 488 g/mol. The molecule has 2 heterocycles. The van der Waals surface area contributed by atoms with Crippen LogP contribution in [-0.2, 0) is 17.8 Å². The third kappa shape index (κ3) is 4.38. The summed E-state index contributed by atoms with van der Waals surface area (Å²) < 4.78 is 7.46. The summed E-state index contributed by atoms with van der Waals surface area (Å²) in [4.78, 5) is 30.0. The lowest BCUT2D eigenvalue weighted by atomic mass is 9.91. The maximum Gasteiger partial charge on any atom is 0.275 e. The number of nitrogens with zero attached hydrogens (tertiary/aromatic N) is 2. The Morgan fingerprint density at radius 3 is 2.53 bits per heavy atom. The van der Waals surface area contributed by atoms with Crippen LogP contribution in [-0.4, -0.2) is 35.1 Å². The third-order valence-electron chi connectivity index (χ3n) is 8.00. The number of hydrogen-bond donors (Lipinski definition) is 1. The van der Waals surface area contributed by atoms with Crippen LogP contribution in [0.4, 0.5) is 5.69 Å². The van der Waals surface area contributed by atoms with E-state index in [4.69, 9.17) is 4.74 Å². The summed E-state index contributed by atoms with van der Waals surface area (Å²) in [5.74, 6) is 0.494. The maximum atomic E-state index is 14.1. The summed E-state index contributed by atoms with van der Waals surface area (Å²) in [6.07, 6.45) is 8.84. The van der Waals surface area contributed by atoms with Gasteiger partial charge in [-0.1, -0.05) is 51.2 Å². The Balaban J connectivity index is 1.59. The van der Waals surface area contributed by atoms with Gasteiger partial charge in [0.05, 0.1) is 19.2 Å². The highest BCUT2D eigenvalue weighted by molar-refractivity contribution is 6.14. The minimum absolute atomic E-state index is 0.0845. The van der Waals surface area contributed by atoms with Crippen molar-refractivity contribution in [3.63, 3.8) is 0 Å². The number of amides is 2. The quantitative estimate of drug-likeness (QED) is 0.490. The molecule has 1 N–H and O–H groups in total. The van der Waals surface area contributed by atoms with Gasteiger partial charge < -0.3 is 14.6 Å². The Bertz CT molecular complexity index is 1270. The van der Waals surface area contributed by atoms with Crippen LogP contribution in [0.15, 0.2) is 48.5 Å². The standard InChI is InChI=1S/C30H37N3O3/c1-4-21-11-10-14-24(17-21)33-28(34)27-18-22-15-16-25(36-3)19-26(22)32(27)20-30(33,2)29(35)31-23-12-8-6-5-7-9-13-23/h10-11,14-19,23H,4-9,12-13,20H2,1-3H3,(H,31,35). The molecule has 1 aliphatic heterocycles. The Labute approximate surface area is 213 Å². The van der Waals surface area contributed by atoms with Gasteiger partial charge in [0.25, 0.3) is 5.91 Å². The number of nitrogens with one attached hydrogen (secondary N) is 1. The maximum absolute atomic E-state index is 14.1. The minimum atomic E-state index is -1.08. The Morgan fingerprint density at radius 1 is 1.06 bits per heavy atom. The Morgan fingerprint density at radius 2 is 1.81 bits per heavy atom. The zero-order valence-electron chi connectivity index (χ0n) is 21.7. The molecule has 3 aromatic rings. The normalized spacial score (nSPS) is 21.1. The van der Waals surface area contributed by atoms with Crippen molar-refractivity contribution in [3.05, 3.63) is 59.8 Å². The fourth-order valence-corrected chi connectivity index (χ4v) is 5.86. The monoisotopic (exact) mass is 487 g/mol. The lowest BCUT2D eigenvalue weighted by Gasteiger charge is -2.44. The van der Waals surface area contributed by atoms with E-state index in [-0.39, 0.29) is 17.9 Å². The second kappa shape index (κ2) is 10.00. The number of aromatic nitrogens is 1. The molecule has 6 heteroatoms. The van der Waals surface area contributed by atoms with E-state index in [0.717, 1.165) is 60.0 Å². The van der Waals surface area contributed by atoms with Crippen molar-refractivity contribution in [2.24, 2.45) is 0 Å². The zero-order chi connectivity index (χ0) is 25.3. The number of methoxy groups -OCH3 is 1. The van der Waals surface area contributed by atoms with Crippen molar-refractivity contribution in [3.8, 4) is 5.75 Å². The van der Waals surface area contributed by atoms with Crippen molar-refractivity contribution in [1.82, 2.24) is 9.88 Å². The SMILES string of the molecule is CCc1cccc(N2C(=O)c3cc4ccc(OC)cc4n3CC2(C)C(=O)NC2CCCCCCC2)c1. The van der Waals surface area contributed by atoms with Crippen LogP contribution in [0.25, 0.3) is 10.9 Å². The summed E-state index contributed by atoms with van der Waals surface area (Å²) in [6, 6.07) is 15.9. The van der Waals surface area contributed by atoms with Gasteiger partial charge in [0.1, 0.15) is 17.0 Å². The number of aryl methyl sites for hydroxylation is 1. The first-order valence-corrected chi connectivity index (χ1v) is 13.4. The molecule has 0 saturated heterocycles. The molecule has 6 nitrogen and oxygen atoms in total. The summed E-state index contributed by atoms with van der Waals surface area (Å²) in [7, 11) is 1.64. The summed E-state index contributed by atoms with van der Waals surface area (Å²) in [5, 5.41) is 4.33. The number of ether oxygens (including phenoxy) is 1. The zero-order valence-corrected chi connectivity index (χ0v) is 21.7. The molecule has 2 aliphatic rings. The first-order chi connectivity index (χ1) is 17.4. The van der Waals surface area contributed by atoms with Crippen molar-refractivity contribution >= 4 is 28.4 Å². The molecule has 0 radical (unpaired) electrons. The van der Waals surface area contributed by atoms with E-state index in [0.29, 0.717) is 12.2 Å². The van der Waals surface area contributed by atoms with Crippen LogP contribution in [0.2, 0.25) is 0 Å². The molecule has 1 saturated carbocycles. The highest BCUT2D eigenvalue weighted by atomic mass is 16.5. The molecular weight excluding hydrogens is 450 g/mol. The Kier molecular flexibility index (Phi) is 6.78. The van der Waals surface area contributed by atoms with Crippen LogP contribution < -0.4 is 15.0 Å². The number of carbonyl (C=O) groups is 2. The van der Waals surface area contributed by atoms with Gasteiger partial charge in [0.15, 0.2) is 0 Å². The van der Waals surface area contributed by atoms with Crippen LogP contribution in [0.1, 0.15) is 74.8 Å². The van der Waals surface area contributed by atoms with E-state index in [9.17, 15) is 9.59 Å². The number of benzene rings is 2. The number of fused-ring (bicyclic) bond motifs is 3. The van der Waals surface area contributed by atoms with E-state index in [1.54, 1.807) is 12.0 Å². The van der Waals surface area contributed by atoms with Crippen molar-refractivity contribution in [2.75, 3.05) is 12.0 Å². The predicted octanol–water partition coefficient (Wildman–Crippen LogP) is 5.86. The van der Waals surface area contributed by atoms with Crippen LogP contribution in [0.3, 0.4) is 0 Å². The first kappa shape index (κ1) is 24.4. The molecule has 1 aromatic heterocycles. The molecule has 1 atom stereocenters. The summed E-state index contributed by atoms with van der Waals surface area (Å²) in [6.45, 7) is 4.39. The predicted molar refractivity (Wildman–Crippen MR) is 144 cm³/mol. The largest absolute Gasteiger partial charge is 0.497 e. The third-order valence-corrected chi connectivity index (χ3v) is 8.00. The lowest BCUT2D eigenvalue weighted by Crippen LogP contribution is -2.65. The summed E-state index contributed by atoms with van der Waals surface area (Å²) in [5.41, 5.74) is 2.33. The van der Waals surface area contributed by atoms with Gasteiger partial charge in [-0.05, 0) is 62.1 Å². The molecule has 2 amide bonds. The van der Waals surface area contributed by atoms with Crippen LogP contribution >= 0.6 is 0 Å². The molecular formula is C30H37N3O3. The van der Waals surface area contributed by atoms with Gasteiger partial charge in [-0.2, -0.15) is 0 Å². The number of hydrogen-bond acceptors (Lipinski definition) is 3. The van der Waals surface area contributed by atoms with Crippen molar-refractivity contribution in [1.29, 1.82) is 0 Å². The molecule has 36 heavy (non-hydrogen) atoms. The molecule has 1 unspecified atom stereocenters. The van der Waals surface area contributed by atoms with E-state index in [2.05, 4.69) is 18.3 Å².